The van der Waals surface area contributed by atoms with Gasteiger partial charge in [-0.2, -0.15) is 0 Å². The Morgan fingerprint density at radius 1 is 1.07 bits per heavy atom. The number of hydrogen-bond donors (Lipinski definition) is 1. The number of aryl methyl sites for hydroxylation is 1. The second kappa shape index (κ2) is 9.62. The summed E-state index contributed by atoms with van der Waals surface area (Å²) < 4.78 is 16.1. The van der Waals surface area contributed by atoms with E-state index in [9.17, 15) is 9.59 Å². The van der Waals surface area contributed by atoms with Gasteiger partial charge in [-0.3, -0.25) is 4.79 Å². The number of carbonyl (C=O) groups excluding carboxylic acids is 2. The first-order valence-electron chi connectivity index (χ1n) is 8.88. The smallest absolute Gasteiger partial charge is 0.338 e. The van der Waals surface area contributed by atoms with Crippen LogP contribution in [0.15, 0.2) is 42.5 Å². The number of hydrogen-bond acceptors (Lipinski definition) is 5. The van der Waals surface area contributed by atoms with Gasteiger partial charge in [-0.1, -0.05) is 19.1 Å². The maximum Gasteiger partial charge on any atom is 0.338 e. The summed E-state index contributed by atoms with van der Waals surface area (Å²) in [7, 11) is 1.55. The molecule has 0 aliphatic carbocycles. The van der Waals surface area contributed by atoms with Gasteiger partial charge in [0.15, 0.2) is 17.6 Å². The summed E-state index contributed by atoms with van der Waals surface area (Å²) in [5.41, 5.74) is 1.83. The van der Waals surface area contributed by atoms with Crippen molar-refractivity contribution < 1.29 is 23.8 Å². The van der Waals surface area contributed by atoms with Crippen molar-refractivity contribution in [2.75, 3.05) is 19.0 Å². The molecular weight excluding hydrogens is 346 g/mol. The van der Waals surface area contributed by atoms with Gasteiger partial charge >= 0.3 is 5.97 Å². The average molecular weight is 371 g/mol. The predicted octanol–water partition coefficient (Wildman–Crippen LogP) is 3.98. The molecule has 144 valence electrons. The largest absolute Gasteiger partial charge is 0.493 e. The molecule has 0 fully saturated rings. The Kier molecular flexibility index (Phi) is 7.23. The molecule has 6 heteroatoms. The molecule has 1 amide bonds. The highest BCUT2D eigenvalue weighted by Gasteiger charge is 2.21. The van der Waals surface area contributed by atoms with Crippen molar-refractivity contribution in [2.24, 2.45) is 0 Å². The fraction of sp³-hybridized carbons (Fsp3) is 0.333. The zero-order chi connectivity index (χ0) is 19.8. The molecule has 2 aromatic carbocycles. The molecule has 0 radical (unpaired) electrons. The highest BCUT2D eigenvalue weighted by atomic mass is 16.5. The van der Waals surface area contributed by atoms with E-state index in [0.29, 0.717) is 35.8 Å². The van der Waals surface area contributed by atoms with E-state index in [4.69, 9.17) is 14.2 Å². The molecule has 2 rings (SSSR count). The van der Waals surface area contributed by atoms with Crippen LogP contribution in [0.25, 0.3) is 0 Å². The number of esters is 1. The maximum absolute atomic E-state index is 12.7. The van der Waals surface area contributed by atoms with Gasteiger partial charge in [0.05, 0.1) is 19.3 Å². The lowest BCUT2D eigenvalue weighted by atomic mass is 10.1. The lowest BCUT2D eigenvalue weighted by molar-refractivity contribution is -0.122. The summed E-state index contributed by atoms with van der Waals surface area (Å²) >= 11 is 0. The summed E-state index contributed by atoms with van der Waals surface area (Å²) in [6.07, 6.45) is -0.186. The fourth-order valence-corrected chi connectivity index (χ4v) is 2.55. The second-order valence-electron chi connectivity index (χ2n) is 5.91. The third-order valence-electron chi connectivity index (χ3n) is 4.00. The Morgan fingerprint density at radius 3 is 2.37 bits per heavy atom. The minimum atomic E-state index is -0.676. The number of ether oxygens (including phenoxy) is 3. The van der Waals surface area contributed by atoms with E-state index in [1.807, 2.05) is 26.0 Å². The van der Waals surface area contributed by atoms with Crippen LogP contribution in [0.1, 0.15) is 36.2 Å². The van der Waals surface area contributed by atoms with Gasteiger partial charge in [0.1, 0.15) is 0 Å². The number of nitrogens with one attached hydrogen (secondary N) is 1. The Balaban J connectivity index is 2.11. The molecule has 0 aromatic heterocycles. The number of benzene rings is 2. The lowest BCUT2D eigenvalue weighted by Crippen LogP contribution is -2.32. The normalized spacial score (nSPS) is 11.4. The SMILES string of the molecule is CCOC(=O)c1ccc(NC(=O)[C@@H](CC)Oc2ccccc2OC)c(C)c1. The van der Waals surface area contributed by atoms with Crippen LogP contribution >= 0.6 is 0 Å². The molecule has 0 aliphatic rings. The van der Waals surface area contributed by atoms with Crippen molar-refractivity contribution in [2.45, 2.75) is 33.3 Å². The van der Waals surface area contributed by atoms with Crippen LogP contribution < -0.4 is 14.8 Å². The van der Waals surface area contributed by atoms with Gasteiger partial charge in [0.2, 0.25) is 0 Å². The molecule has 27 heavy (non-hydrogen) atoms. The highest BCUT2D eigenvalue weighted by molar-refractivity contribution is 5.96. The molecule has 1 atom stereocenters. The van der Waals surface area contributed by atoms with Crippen LogP contribution in [0.3, 0.4) is 0 Å². The molecular formula is C21H25NO5. The van der Waals surface area contributed by atoms with Gasteiger partial charge in [-0.25, -0.2) is 4.79 Å². The zero-order valence-electron chi connectivity index (χ0n) is 16.1. The molecule has 0 saturated carbocycles. The number of rotatable bonds is 8. The first-order valence-corrected chi connectivity index (χ1v) is 8.88. The van der Waals surface area contributed by atoms with Crippen molar-refractivity contribution in [1.29, 1.82) is 0 Å². The zero-order valence-corrected chi connectivity index (χ0v) is 16.1. The minimum absolute atomic E-state index is 0.268. The van der Waals surface area contributed by atoms with Crippen molar-refractivity contribution >= 4 is 17.6 Å². The van der Waals surface area contributed by atoms with Gasteiger partial charge in [0.25, 0.3) is 5.91 Å². The fourth-order valence-electron chi connectivity index (χ4n) is 2.55. The summed E-state index contributed by atoms with van der Waals surface area (Å²) in [5.74, 6) is 0.426. The monoisotopic (exact) mass is 371 g/mol. The van der Waals surface area contributed by atoms with Gasteiger partial charge in [0, 0.05) is 5.69 Å². The van der Waals surface area contributed by atoms with Crippen molar-refractivity contribution in [3.8, 4) is 11.5 Å². The van der Waals surface area contributed by atoms with Gasteiger partial charge in [-0.15, -0.1) is 0 Å². The van der Waals surface area contributed by atoms with Crippen molar-refractivity contribution in [1.82, 2.24) is 0 Å². The van der Waals surface area contributed by atoms with E-state index in [0.717, 1.165) is 5.56 Å². The van der Waals surface area contributed by atoms with E-state index in [1.54, 1.807) is 44.4 Å². The van der Waals surface area contributed by atoms with E-state index in [1.165, 1.54) is 0 Å². The second-order valence-corrected chi connectivity index (χ2v) is 5.91. The molecule has 0 bridgehead atoms. The number of amides is 1. The number of para-hydroxylation sites is 2. The Hall–Kier alpha value is -3.02. The van der Waals surface area contributed by atoms with Crippen LogP contribution in [0, 0.1) is 6.92 Å². The third kappa shape index (κ3) is 5.23. The lowest BCUT2D eigenvalue weighted by Gasteiger charge is -2.19. The summed E-state index contributed by atoms with van der Waals surface area (Å²) in [6, 6.07) is 12.2. The third-order valence-corrected chi connectivity index (χ3v) is 4.00. The average Bonchev–Trinajstić information content (AvgIpc) is 2.67. The van der Waals surface area contributed by atoms with E-state index in [2.05, 4.69) is 5.32 Å². The number of carbonyl (C=O) groups is 2. The van der Waals surface area contributed by atoms with E-state index in [-0.39, 0.29) is 11.9 Å². The van der Waals surface area contributed by atoms with E-state index >= 15 is 0 Å². The maximum atomic E-state index is 12.7. The van der Waals surface area contributed by atoms with Crippen LogP contribution in [-0.4, -0.2) is 31.7 Å². The first kappa shape index (κ1) is 20.3. The predicted molar refractivity (Wildman–Crippen MR) is 103 cm³/mol. The quantitative estimate of drug-likeness (QED) is 0.711. The van der Waals surface area contributed by atoms with Gasteiger partial charge in [-0.05, 0) is 56.2 Å². The summed E-state index contributed by atoms with van der Waals surface area (Å²) in [5, 5.41) is 2.86. The number of methoxy groups -OCH3 is 1. The van der Waals surface area contributed by atoms with E-state index < -0.39 is 6.10 Å². The van der Waals surface area contributed by atoms with Crippen LogP contribution in [0.4, 0.5) is 5.69 Å². The van der Waals surface area contributed by atoms with Crippen LogP contribution in [0.5, 0.6) is 11.5 Å². The minimum Gasteiger partial charge on any atom is -0.493 e. The Morgan fingerprint density at radius 2 is 1.78 bits per heavy atom. The molecule has 0 heterocycles. The van der Waals surface area contributed by atoms with Gasteiger partial charge < -0.3 is 19.5 Å². The molecule has 0 saturated heterocycles. The molecule has 1 N–H and O–H groups in total. The molecule has 0 spiro atoms. The molecule has 6 nitrogen and oxygen atoms in total. The molecule has 2 aromatic rings. The topological polar surface area (TPSA) is 73.9 Å². The van der Waals surface area contributed by atoms with Crippen molar-refractivity contribution in [3.63, 3.8) is 0 Å². The standard InChI is InChI=1S/C21H25NO5/c1-5-17(27-19-10-8-7-9-18(19)25-4)20(23)22-16-12-11-15(13-14(16)3)21(24)26-6-2/h7-13,17H,5-6H2,1-4H3,(H,22,23)/t17-/m1/s1. The molecule has 0 aliphatic heterocycles. The van der Waals surface area contributed by atoms with Crippen molar-refractivity contribution in [3.05, 3.63) is 53.6 Å². The Bertz CT molecular complexity index is 803. The van der Waals surface area contributed by atoms with Crippen LogP contribution in [-0.2, 0) is 9.53 Å². The molecule has 0 unspecified atom stereocenters. The highest BCUT2D eigenvalue weighted by Crippen LogP contribution is 2.28. The number of anilines is 1. The Labute approximate surface area is 159 Å². The summed E-state index contributed by atoms with van der Waals surface area (Å²) in [4.78, 5) is 24.5. The summed E-state index contributed by atoms with van der Waals surface area (Å²) in [6.45, 7) is 5.76. The first-order chi connectivity index (χ1) is 13.0. The van der Waals surface area contributed by atoms with Crippen LogP contribution in [0.2, 0.25) is 0 Å².